The third kappa shape index (κ3) is 7.54. The Kier molecular flexibility index (Phi) is 9.32. The van der Waals surface area contributed by atoms with Crippen molar-refractivity contribution in [3.63, 3.8) is 0 Å². The molecule has 0 aliphatic carbocycles. The molecule has 43 heavy (non-hydrogen) atoms. The summed E-state index contributed by atoms with van der Waals surface area (Å²) in [6.45, 7) is 5.57. The van der Waals surface area contributed by atoms with Crippen molar-refractivity contribution in [3.8, 4) is 17.2 Å². The van der Waals surface area contributed by atoms with Crippen LogP contribution in [0.1, 0.15) is 25.0 Å². The molecule has 5 rings (SSSR count). The van der Waals surface area contributed by atoms with Crippen LogP contribution in [0.15, 0.2) is 60.7 Å². The highest BCUT2D eigenvalue weighted by Crippen LogP contribution is 2.33. The maximum absolute atomic E-state index is 13.5. The number of ether oxygens (including phenoxy) is 3. The SMILES string of the molecule is C[C@H](CO)N1C[C@H](C)[C@@H](CN(C)Cc2ccc3c(c2)OCO3)Oc2ccc(NC(=O)Nc3ccc(F)cc3)cc2CC1=O. The number of hydrogen-bond acceptors (Lipinski definition) is 7. The molecular weight excluding hydrogens is 555 g/mol. The van der Waals surface area contributed by atoms with E-state index in [0.717, 1.165) is 17.1 Å². The number of likely N-dealkylation sites (N-methyl/N-ethyl adjacent to an activating group) is 1. The van der Waals surface area contributed by atoms with Crippen molar-refractivity contribution in [2.45, 2.75) is 39.0 Å². The molecule has 2 aliphatic rings. The van der Waals surface area contributed by atoms with Crippen molar-refractivity contribution < 1.29 is 33.3 Å². The molecule has 3 aromatic rings. The normalized spacial score (nSPS) is 18.7. The van der Waals surface area contributed by atoms with Gasteiger partial charge in [0, 0.05) is 42.5 Å². The van der Waals surface area contributed by atoms with E-state index >= 15 is 0 Å². The van der Waals surface area contributed by atoms with Gasteiger partial charge >= 0.3 is 6.03 Å². The van der Waals surface area contributed by atoms with Gasteiger partial charge in [-0.15, -0.1) is 0 Å². The van der Waals surface area contributed by atoms with Gasteiger partial charge in [-0.3, -0.25) is 9.69 Å². The first kappa shape index (κ1) is 30.1. The molecule has 10 nitrogen and oxygen atoms in total. The van der Waals surface area contributed by atoms with Crippen molar-refractivity contribution in [3.05, 3.63) is 77.6 Å². The number of halogens is 1. The van der Waals surface area contributed by atoms with Gasteiger partial charge in [-0.1, -0.05) is 13.0 Å². The Bertz CT molecular complexity index is 1450. The Morgan fingerprint density at radius 1 is 1.05 bits per heavy atom. The molecule has 0 radical (unpaired) electrons. The minimum Gasteiger partial charge on any atom is -0.488 e. The van der Waals surface area contributed by atoms with E-state index in [1.807, 2.05) is 39.1 Å². The van der Waals surface area contributed by atoms with Crippen LogP contribution in [0.3, 0.4) is 0 Å². The predicted octanol–water partition coefficient (Wildman–Crippen LogP) is 4.48. The second-order valence-electron chi connectivity index (χ2n) is 11.2. The van der Waals surface area contributed by atoms with Gasteiger partial charge in [-0.25, -0.2) is 9.18 Å². The average Bonchev–Trinajstić information content (AvgIpc) is 3.46. The number of aliphatic hydroxyl groups excluding tert-OH is 1. The standard InChI is InChI=1S/C32H37FN4O6/c1-20-15-37(21(2)18-38)31(39)14-23-13-26(35-32(40)34-25-7-5-24(33)6-8-25)9-11-27(23)43-30(20)17-36(3)16-22-4-10-28-29(12-22)42-19-41-28/h4-13,20-21,30,38H,14-19H2,1-3H3,(H2,34,35,40)/t20-,21+,30+/m0/s1. The lowest BCUT2D eigenvalue weighted by molar-refractivity contribution is -0.134. The van der Waals surface area contributed by atoms with Crippen LogP contribution in [0.25, 0.3) is 0 Å². The molecule has 11 heteroatoms. The number of rotatable bonds is 8. The summed E-state index contributed by atoms with van der Waals surface area (Å²) in [5, 5.41) is 15.4. The lowest BCUT2D eigenvalue weighted by atomic mass is 10.0. The number of carbonyl (C=O) groups excluding carboxylic acids is 2. The van der Waals surface area contributed by atoms with Crippen molar-refractivity contribution in [2.24, 2.45) is 5.92 Å². The second-order valence-corrected chi connectivity index (χ2v) is 11.2. The van der Waals surface area contributed by atoms with Gasteiger partial charge in [0.2, 0.25) is 12.7 Å². The van der Waals surface area contributed by atoms with E-state index in [0.29, 0.717) is 42.3 Å². The molecule has 0 bridgehead atoms. The number of fused-ring (bicyclic) bond motifs is 2. The van der Waals surface area contributed by atoms with E-state index in [-0.39, 0.29) is 43.8 Å². The molecule has 0 unspecified atom stereocenters. The maximum atomic E-state index is 13.5. The van der Waals surface area contributed by atoms with Crippen LogP contribution in [0.4, 0.5) is 20.6 Å². The number of aliphatic hydroxyl groups is 1. The molecule has 3 N–H and O–H groups in total. The van der Waals surface area contributed by atoms with Gasteiger partial charge in [-0.2, -0.15) is 0 Å². The Labute approximate surface area is 250 Å². The first-order chi connectivity index (χ1) is 20.7. The molecule has 0 spiro atoms. The highest BCUT2D eigenvalue weighted by Gasteiger charge is 2.31. The lowest BCUT2D eigenvalue weighted by Crippen LogP contribution is -2.47. The Morgan fingerprint density at radius 2 is 1.74 bits per heavy atom. The van der Waals surface area contributed by atoms with Crippen LogP contribution in [-0.2, 0) is 17.8 Å². The fourth-order valence-electron chi connectivity index (χ4n) is 5.27. The van der Waals surface area contributed by atoms with Crippen LogP contribution in [0, 0.1) is 11.7 Å². The van der Waals surface area contributed by atoms with Gasteiger partial charge in [0.25, 0.3) is 0 Å². The summed E-state index contributed by atoms with van der Waals surface area (Å²) in [7, 11) is 2.01. The summed E-state index contributed by atoms with van der Waals surface area (Å²) in [5.74, 6) is 1.44. The van der Waals surface area contributed by atoms with E-state index in [4.69, 9.17) is 14.2 Å². The third-order valence-electron chi connectivity index (χ3n) is 7.66. The largest absolute Gasteiger partial charge is 0.488 e. The van der Waals surface area contributed by atoms with E-state index in [2.05, 4.69) is 15.5 Å². The van der Waals surface area contributed by atoms with Crippen molar-refractivity contribution >= 4 is 23.3 Å². The molecular formula is C32H37FN4O6. The van der Waals surface area contributed by atoms with Crippen LogP contribution in [0.2, 0.25) is 0 Å². The molecule has 0 fully saturated rings. The molecule has 2 aliphatic heterocycles. The van der Waals surface area contributed by atoms with Crippen molar-refractivity contribution in [1.29, 1.82) is 0 Å². The fraction of sp³-hybridized carbons (Fsp3) is 0.375. The van der Waals surface area contributed by atoms with Gasteiger partial charge in [0.05, 0.1) is 19.1 Å². The number of nitrogens with one attached hydrogen (secondary N) is 2. The van der Waals surface area contributed by atoms with Crippen LogP contribution in [0.5, 0.6) is 17.2 Å². The lowest BCUT2D eigenvalue weighted by Gasteiger charge is -2.34. The summed E-state index contributed by atoms with van der Waals surface area (Å²) >= 11 is 0. The monoisotopic (exact) mass is 592 g/mol. The minimum atomic E-state index is -0.506. The highest BCUT2D eigenvalue weighted by molar-refractivity contribution is 6.00. The van der Waals surface area contributed by atoms with E-state index in [1.54, 1.807) is 23.1 Å². The Morgan fingerprint density at radius 3 is 2.51 bits per heavy atom. The summed E-state index contributed by atoms with van der Waals surface area (Å²) in [6.07, 6.45) is -0.237. The number of benzene rings is 3. The number of amides is 3. The molecule has 3 amide bonds. The molecule has 0 saturated heterocycles. The van der Waals surface area contributed by atoms with Gasteiger partial charge in [-0.05, 0) is 74.1 Å². The quantitative estimate of drug-likeness (QED) is 0.354. The second kappa shape index (κ2) is 13.3. The van der Waals surface area contributed by atoms with E-state index in [1.165, 1.54) is 24.3 Å². The molecule has 0 aromatic heterocycles. The summed E-state index contributed by atoms with van der Waals surface area (Å²) in [6, 6.07) is 15.7. The van der Waals surface area contributed by atoms with Gasteiger partial charge in [0.15, 0.2) is 11.5 Å². The highest BCUT2D eigenvalue weighted by atomic mass is 19.1. The first-order valence-electron chi connectivity index (χ1n) is 14.3. The van der Waals surface area contributed by atoms with Crippen molar-refractivity contribution in [2.75, 3.05) is 44.2 Å². The van der Waals surface area contributed by atoms with Gasteiger partial charge in [0.1, 0.15) is 17.7 Å². The third-order valence-corrected chi connectivity index (χ3v) is 7.66. The Hall–Kier alpha value is -4.35. The maximum Gasteiger partial charge on any atom is 0.323 e. The number of anilines is 2. The zero-order valence-corrected chi connectivity index (χ0v) is 24.5. The van der Waals surface area contributed by atoms with E-state index < -0.39 is 11.8 Å². The number of urea groups is 1. The molecule has 0 saturated carbocycles. The van der Waals surface area contributed by atoms with Crippen LogP contribution >= 0.6 is 0 Å². The number of carbonyl (C=O) groups is 2. The predicted molar refractivity (Wildman–Crippen MR) is 160 cm³/mol. The summed E-state index contributed by atoms with van der Waals surface area (Å²) in [5.41, 5.74) is 2.61. The molecule has 3 atom stereocenters. The number of hydrogen-bond donors (Lipinski definition) is 3. The zero-order chi connectivity index (χ0) is 30.5. The molecule has 2 heterocycles. The smallest absolute Gasteiger partial charge is 0.323 e. The zero-order valence-electron chi connectivity index (χ0n) is 24.5. The van der Waals surface area contributed by atoms with E-state index in [9.17, 15) is 19.1 Å². The minimum absolute atomic E-state index is 0.0429. The van der Waals surface area contributed by atoms with Crippen LogP contribution in [-0.4, -0.2) is 72.5 Å². The summed E-state index contributed by atoms with van der Waals surface area (Å²) < 4.78 is 30.8. The van der Waals surface area contributed by atoms with Crippen molar-refractivity contribution in [1.82, 2.24) is 9.80 Å². The number of nitrogens with zero attached hydrogens (tertiary/aromatic N) is 2. The molecule has 3 aromatic carbocycles. The fourth-order valence-corrected chi connectivity index (χ4v) is 5.27. The Balaban J connectivity index is 1.34. The van der Waals surface area contributed by atoms with Crippen LogP contribution < -0.4 is 24.8 Å². The first-order valence-corrected chi connectivity index (χ1v) is 14.3. The average molecular weight is 593 g/mol. The topological polar surface area (TPSA) is 113 Å². The summed E-state index contributed by atoms with van der Waals surface area (Å²) in [4.78, 5) is 30.0. The molecule has 228 valence electrons. The van der Waals surface area contributed by atoms with Gasteiger partial charge < -0.3 is 34.9 Å².